The van der Waals surface area contributed by atoms with Crippen molar-refractivity contribution in [3.63, 3.8) is 0 Å². The maximum Gasteiger partial charge on any atom is 0.267 e. The maximum absolute atomic E-state index is 12.6. The fourth-order valence-electron chi connectivity index (χ4n) is 4.16. The number of para-hydroxylation sites is 1. The molecule has 1 aromatic carbocycles. The number of fused-ring (bicyclic) bond motifs is 1. The van der Waals surface area contributed by atoms with Crippen LogP contribution in [0.4, 0.5) is 0 Å². The van der Waals surface area contributed by atoms with Crippen LogP contribution in [0.1, 0.15) is 29.1 Å². The summed E-state index contributed by atoms with van der Waals surface area (Å²) in [7, 11) is 1.91. The molecule has 0 spiro atoms. The number of carbonyl (C=O) groups excluding carboxylic acids is 1. The van der Waals surface area contributed by atoms with Gasteiger partial charge in [-0.05, 0) is 61.3 Å². The van der Waals surface area contributed by atoms with Crippen LogP contribution in [-0.2, 0) is 13.6 Å². The number of H-pyrrole nitrogens is 1. The van der Waals surface area contributed by atoms with E-state index in [-0.39, 0.29) is 5.91 Å². The van der Waals surface area contributed by atoms with Crippen LogP contribution in [0.3, 0.4) is 0 Å². The van der Waals surface area contributed by atoms with Crippen LogP contribution >= 0.6 is 11.8 Å². The first-order valence-electron chi connectivity index (χ1n) is 10.8. The van der Waals surface area contributed by atoms with Gasteiger partial charge in [0.1, 0.15) is 17.8 Å². The molecule has 2 N–H and O–H groups in total. The van der Waals surface area contributed by atoms with Gasteiger partial charge in [-0.3, -0.25) is 9.69 Å². The van der Waals surface area contributed by atoms with Gasteiger partial charge in [-0.2, -0.15) is 0 Å². The van der Waals surface area contributed by atoms with Crippen LogP contribution in [0.15, 0.2) is 63.5 Å². The summed E-state index contributed by atoms with van der Waals surface area (Å²) in [5.41, 5.74) is 1.60. The number of aryl methyl sites for hydroxylation is 1. The first-order valence-corrected chi connectivity index (χ1v) is 11.6. The fraction of sp³-hybridized carbons (Fsp3) is 0.348. The summed E-state index contributed by atoms with van der Waals surface area (Å²) in [4.78, 5) is 18.2. The topological polar surface area (TPSA) is 92.0 Å². The Bertz CT molecular complexity index is 1180. The van der Waals surface area contributed by atoms with Crippen LogP contribution in [0, 0.1) is 5.92 Å². The van der Waals surface area contributed by atoms with Gasteiger partial charge < -0.3 is 19.3 Å². The number of likely N-dealkylation sites (tertiary alicyclic amines) is 1. The lowest BCUT2D eigenvalue weighted by molar-refractivity contribution is 0.0923. The highest BCUT2D eigenvalue weighted by atomic mass is 32.2. The highest BCUT2D eigenvalue weighted by Gasteiger charge is 2.22. The van der Waals surface area contributed by atoms with E-state index in [4.69, 9.17) is 4.42 Å². The zero-order valence-corrected chi connectivity index (χ0v) is 18.8. The van der Waals surface area contributed by atoms with Crippen molar-refractivity contribution >= 4 is 28.6 Å². The van der Waals surface area contributed by atoms with Gasteiger partial charge in [-0.1, -0.05) is 18.2 Å². The summed E-state index contributed by atoms with van der Waals surface area (Å²) in [5, 5.41) is 13.8. The zero-order valence-electron chi connectivity index (χ0n) is 18.0. The standard InChI is InChI=1S/C23H26N6O2S/c1-28-15-25-27-23(28)32-21-9-8-18(31-21)14-29-10-4-5-16(13-29)12-24-22(30)20-11-17-6-2-3-7-19(17)26-20/h2-3,6-9,11,15-16,26H,4-5,10,12-14H2,1H3,(H,24,30). The van der Waals surface area contributed by atoms with Gasteiger partial charge in [0.05, 0.1) is 6.54 Å². The Labute approximate surface area is 190 Å². The first kappa shape index (κ1) is 20.8. The molecule has 1 aliphatic rings. The molecule has 8 nitrogen and oxygen atoms in total. The molecule has 1 atom stereocenters. The van der Waals surface area contributed by atoms with Crippen LogP contribution in [0.25, 0.3) is 10.9 Å². The number of nitrogens with zero attached hydrogens (tertiary/aromatic N) is 4. The molecule has 0 bridgehead atoms. The van der Waals surface area contributed by atoms with Crippen molar-refractivity contribution in [3.05, 3.63) is 60.2 Å². The summed E-state index contributed by atoms with van der Waals surface area (Å²) >= 11 is 1.47. The number of furan rings is 1. The monoisotopic (exact) mass is 450 g/mol. The third-order valence-corrected chi connectivity index (χ3v) is 6.78. The minimum Gasteiger partial charge on any atom is -0.453 e. The quantitative estimate of drug-likeness (QED) is 0.446. The number of rotatable bonds is 7. The highest BCUT2D eigenvalue weighted by Crippen LogP contribution is 2.28. The molecule has 32 heavy (non-hydrogen) atoms. The summed E-state index contributed by atoms with van der Waals surface area (Å²) in [6.45, 7) is 3.43. The second-order valence-corrected chi connectivity index (χ2v) is 9.24. The van der Waals surface area contributed by atoms with Crippen LogP contribution in [-0.4, -0.2) is 50.2 Å². The van der Waals surface area contributed by atoms with E-state index in [0.29, 0.717) is 18.2 Å². The Hall–Kier alpha value is -3.04. The molecular weight excluding hydrogens is 424 g/mol. The highest BCUT2D eigenvalue weighted by molar-refractivity contribution is 7.99. The lowest BCUT2D eigenvalue weighted by Gasteiger charge is -2.32. The van der Waals surface area contributed by atoms with E-state index in [1.54, 1.807) is 6.33 Å². The zero-order chi connectivity index (χ0) is 21.9. The third-order valence-electron chi connectivity index (χ3n) is 5.81. The predicted molar refractivity (Wildman–Crippen MR) is 122 cm³/mol. The number of amides is 1. The average molecular weight is 451 g/mol. The molecule has 3 aromatic heterocycles. The Morgan fingerprint density at radius 3 is 3.06 bits per heavy atom. The van der Waals surface area contributed by atoms with E-state index >= 15 is 0 Å². The molecule has 1 unspecified atom stereocenters. The maximum atomic E-state index is 12.6. The molecule has 4 aromatic rings. The number of hydrogen-bond acceptors (Lipinski definition) is 6. The molecule has 9 heteroatoms. The van der Waals surface area contributed by atoms with Crippen molar-refractivity contribution in [2.24, 2.45) is 13.0 Å². The molecule has 0 radical (unpaired) electrons. The SMILES string of the molecule is Cn1cnnc1Sc1ccc(CN2CCCC(CNC(=O)c3cc4ccccc4[nH]3)C2)o1. The second kappa shape index (κ2) is 9.22. The first-order chi connectivity index (χ1) is 15.6. The Balaban J connectivity index is 1.13. The number of hydrogen-bond donors (Lipinski definition) is 2. The molecule has 4 heterocycles. The van der Waals surface area contributed by atoms with Crippen molar-refractivity contribution in [1.82, 2.24) is 30.0 Å². The largest absolute Gasteiger partial charge is 0.453 e. The van der Waals surface area contributed by atoms with Gasteiger partial charge in [0, 0.05) is 31.0 Å². The van der Waals surface area contributed by atoms with Crippen LogP contribution in [0.5, 0.6) is 0 Å². The summed E-state index contributed by atoms with van der Waals surface area (Å²) in [5.74, 6) is 1.33. The van der Waals surface area contributed by atoms with Crippen molar-refractivity contribution in [3.8, 4) is 0 Å². The van der Waals surface area contributed by atoms with Gasteiger partial charge in [0.15, 0.2) is 10.2 Å². The number of benzene rings is 1. The van der Waals surface area contributed by atoms with Crippen molar-refractivity contribution < 1.29 is 9.21 Å². The molecule has 1 aliphatic heterocycles. The van der Waals surface area contributed by atoms with E-state index in [1.165, 1.54) is 11.8 Å². The molecule has 0 saturated carbocycles. The lowest BCUT2D eigenvalue weighted by Crippen LogP contribution is -2.40. The van der Waals surface area contributed by atoms with Gasteiger partial charge in [-0.25, -0.2) is 0 Å². The summed E-state index contributed by atoms with van der Waals surface area (Å²) < 4.78 is 7.87. The minimum absolute atomic E-state index is 0.0465. The van der Waals surface area contributed by atoms with Gasteiger partial charge in [-0.15, -0.1) is 10.2 Å². The van der Waals surface area contributed by atoms with Crippen molar-refractivity contribution in [1.29, 1.82) is 0 Å². The predicted octanol–water partition coefficient (Wildman–Crippen LogP) is 3.68. The molecular formula is C23H26N6O2S. The number of nitrogens with one attached hydrogen (secondary N) is 2. The molecule has 0 aliphatic carbocycles. The average Bonchev–Trinajstić information content (AvgIpc) is 3.53. The Kier molecular flexibility index (Phi) is 6.00. The number of aromatic nitrogens is 4. The number of piperidine rings is 1. The number of carbonyl (C=O) groups is 1. The Morgan fingerprint density at radius 2 is 2.22 bits per heavy atom. The van der Waals surface area contributed by atoms with Crippen LogP contribution in [0.2, 0.25) is 0 Å². The molecule has 166 valence electrons. The van der Waals surface area contributed by atoms with E-state index in [2.05, 4.69) is 25.4 Å². The molecule has 1 saturated heterocycles. The summed E-state index contributed by atoms with van der Waals surface area (Å²) in [6.07, 6.45) is 3.92. The van der Waals surface area contributed by atoms with E-state index in [0.717, 1.165) is 59.4 Å². The summed E-state index contributed by atoms with van der Waals surface area (Å²) in [6, 6.07) is 13.9. The van der Waals surface area contributed by atoms with E-state index in [9.17, 15) is 4.79 Å². The molecule has 1 amide bonds. The van der Waals surface area contributed by atoms with E-state index < -0.39 is 0 Å². The van der Waals surface area contributed by atoms with Crippen LogP contribution < -0.4 is 5.32 Å². The van der Waals surface area contributed by atoms with E-state index in [1.807, 2.05) is 54.1 Å². The molecule has 5 rings (SSSR count). The number of aromatic amines is 1. The molecule has 1 fully saturated rings. The Morgan fingerprint density at radius 1 is 1.31 bits per heavy atom. The lowest BCUT2D eigenvalue weighted by atomic mass is 9.98. The fourth-order valence-corrected chi connectivity index (χ4v) is 4.91. The minimum atomic E-state index is -0.0465. The second-order valence-electron chi connectivity index (χ2n) is 8.27. The normalized spacial score (nSPS) is 17.1. The van der Waals surface area contributed by atoms with Crippen molar-refractivity contribution in [2.75, 3.05) is 19.6 Å². The van der Waals surface area contributed by atoms with Crippen molar-refractivity contribution in [2.45, 2.75) is 29.6 Å². The van der Waals surface area contributed by atoms with Gasteiger partial charge >= 0.3 is 0 Å². The van der Waals surface area contributed by atoms with Gasteiger partial charge in [0.2, 0.25) is 0 Å². The third kappa shape index (κ3) is 4.73. The van der Waals surface area contributed by atoms with Gasteiger partial charge in [0.25, 0.3) is 5.91 Å². The smallest absolute Gasteiger partial charge is 0.267 e.